The quantitative estimate of drug-likeness (QED) is 0.0212. The molecular weight excluding hydrogens is 988 g/mol. The molecule has 0 bridgehead atoms. The van der Waals surface area contributed by atoms with E-state index in [0.717, 1.165) is 64.2 Å². The number of nitrogens with one attached hydrogen (secondary N) is 1. The number of ether oxygens (including phenoxy) is 1. The second-order valence-electron chi connectivity index (χ2n) is 24.3. The number of unbranched alkanes of at least 4 members (excludes halogenated alkanes) is 42. The van der Waals surface area contributed by atoms with Gasteiger partial charge in [-0.25, -0.2) is 0 Å². The highest BCUT2D eigenvalue weighted by Crippen LogP contribution is 2.38. The van der Waals surface area contributed by atoms with Crippen molar-refractivity contribution in [2.24, 2.45) is 0 Å². The Morgan fingerprint density at radius 3 is 1.18 bits per heavy atom. The van der Waals surface area contributed by atoms with Crippen molar-refractivity contribution in [3.8, 4) is 0 Å². The van der Waals surface area contributed by atoms with Gasteiger partial charge in [0.1, 0.15) is 19.3 Å². The molecule has 10 heteroatoms. The summed E-state index contributed by atoms with van der Waals surface area (Å²) in [5.41, 5.74) is 0. The van der Waals surface area contributed by atoms with Crippen LogP contribution in [0.2, 0.25) is 0 Å². The topological polar surface area (TPSA) is 114 Å². The lowest BCUT2D eigenvalue weighted by Crippen LogP contribution is -2.47. The Morgan fingerprint density at radius 1 is 0.449 bits per heavy atom. The highest BCUT2D eigenvalue weighted by atomic mass is 31.2. The van der Waals surface area contributed by atoms with E-state index >= 15 is 0 Å². The zero-order valence-electron chi connectivity index (χ0n) is 52.6. The number of phosphoric ester groups is 1. The van der Waals surface area contributed by atoms with Gasteiger partial charge in [-0.3, -0.25) is 14.2 Å². The third-order valence-electron chi connectivity index (χ3n) is 15.3. The van der Waals surface area contributed by atoms with Crippen molar-refractivity contribution >= 4 is 19.7 Å². The van der Waals surface area contributed by atoms with Gasteiger partial charge in [0.25, 0.3) is 7.82 Å². The molecule has 78 heavy (non-hydrogen) atoms. The van der Waals surface area contributed by atoms with Gasteiger partial charge in [0.15, 0.2) is 0 Å². The van der Waals surface area contributed by atoms with E-state index in [1.165, 1.54) is 238 Å². The maximum Gasteiger partial charge on any atom is 0.306 e. The maximum absolute atomic E-state index is 13.6. The van der Waals surface area contributed by atoms with Crippen molar-refractivity contribution in [3.05, 3.63) is 36.5 Å². The Bertz CT molecular complexity index is 1430. The molecule has 3 unspecified atom stereocenters. The first-order valence-corrected chi connectivity index (χ1v) is 35.3. The lowest BCUT2D eigenvalue weighted by atomic mass is 10.0. The normalized spacial score (nSPS) is 13.8. The van der Waals surface area contributed by atoms with E-state index in [1.54, 1.807) is 0 Å². The van der Waals surface area contributed by atoms with Gasteiger partial charge in [-0.2, -0.15) is 0 Å². The number of rotatable bonds is 62. The summed E-state index contributed by atoms with van der Waals surface area (Å²) in [5.74, 6) is -0.523. The molecule has 0 saturated heterocycles. The highest BCUT2D eigenvalue weighted by Gasteiger charge is 2.27. The summed E-state index contributed by atoms with van der Waals surface area (Å²) in [4.78, 5) is 40.1. The van der Waals surface area contributed by atoms with E-state index < -0.39 is 20.0 Å². The van der Waals surface area contributed by atoms with Crippen LogP contribution >= 0.6 is 7.82 Å². The van der Waals surface area contributed by atoms with Crippen LogP contribution in [0, 0.1) is 0 Å². The van der Waals surface area contributed by atoms with Crippen LogP contribution in [-0.2, 0) is 27.9 Å². The zero-order chi connectivity index (χ0) is 57.2. The molecule has 0 radical (unpaired) electrons. The molecule has 0 fully saturated rings. The molecule has 9 nitrogen and oxygen atoms in total. The van der Waals surface area contributed by atoms with Gasteiger partial charge < -0.3 is 28.5 Å². The number of amides is 1. The van der Waals surface area contributed by atoms with Crippen LogP contribution < -0.4 is 10.2 Å². The number of likely N-dealkylation sites (N-methyl/N-ethyl adjacent to an activating group) is 1. The molecule has 460 valence electrons. The molecule has 0 rings (SSSR count). The van der Waals surface area contributed by atoms with Crippen molar-refractivity contribution in [2.45, 2.75) is 348 Å². The van der Waals surface area contributed by atoms with Crippen molar-refractivity contribution in [2.75, 3.05) is 40.9 Å². The van der Waals surface area contributed by atoms with Crippen LogP contribution in [0.5, 0.6) is 0 Å². The second kappa shape index (κ2) is 58.4. The van der Waals surface area contributed by atoms with Gasteiger partial charge in [0, 0.05) is 12.8 Å². The minimum Gasteiger partial charge on any atom is -0.756 e. The minimum atomic E-state index is -4.70. The van der Waals surface area contributed by atoms with Gasteiger partial charge in [0.2, 0.25) is 5.91 Å². The molecule has 0 aliphatic carbocycles. The van der Waals surface area contributed by atoms with Gasteiger partial charge in [-0.05, 0) is 63.9 Å². The van der Waals surface area contributed by atoms with Crippen LogP contribution in [0.3, 0.4) is 0 Å². The molecule has 0 aromatic rings. The van der Waals surface area contributed by atoms with Gasteiger partial charge in [-0.15, -0.1) is 0 Å². The molecule has 0 aliphatic rings. The predicted octanol–water partition coefficient (Wildman–Crippen LogP) is 20.4. The van der Waals surface area contributed by atoms with Crippen molar-refractivity contribution in [1.29, 1.82) is 0 Å². The molecule has 0 spiro atoms. The van der Waals surface area contributed by atoms with Crippen LogP contribution in [0.15, 0.2) is 36.5 Å². The van der Waals surface area contributed by atoms with E-state index in [-0.39, 0.29) is 31.5 Å². The minimum absolute atomic E-state index is 0.0191. The summed E-state index contributed by atoms with van der Waals surface area (Å²) in [6, 6.07) is -0.884. The van der Waals surface area contributed by atoms with Crippen LogP contribution in [-0.4, -0.2) is 69.4 Å². The molecule has 0 saturated carbocycles. The molecule has 1 amide bonds. The third-order valence-corrected chi connectivity index (χ3v) is 16.3. The first-order valence-electron chi connectivity index (χ1n) is 33.8. The average molecular weight is 1120 g/mol. The summed E-state index contributed by atoms with van der Waals surface area (Å²) < 4.78 is 30.4. The fourth-order valence-electron chi connectivity index (χ4n) is 10.1. The van der Waals surface area contributed by atoms with E-state index in [2.05, 4.69) is 50.4 Å². The molecular formula is C68H131N2O7P. The molecule has 1 N–H and O–H groups in total. The van der Waals surface area contributed by atoms with Crippen molar-refractivity contribution in [1.82, 2.24) is 5.32 Å². The molecule has 0 aromatic carbocycles. The maximum atomic E-state index is 13.6. The molecule has 0 heterocycles. The van der Waals surface area contributed by atoms with E-state index in [4.69, 9.17) is 13.8 Å². The number of carbonyl (C=O) groups excluding carboxylic acids is 2. The van der Waals surface area contributed by atoms with Crippen LogP contribution in [0.4, 0.5) is 0 Å². The van der Waals surface area contributed by atoms with Crippen molar-refractivity contribution < 1.29 is 37.3 Å². The second-order valence-corrected chi connectivity index (χ2v) is 25.7. The van der Waals surface area contributed by atoms with Gasteiger partial charge >= 0.3 is 5.97 Å². The fraction of sp³-hybridized carbons (Fsp3) is 0.882. The summed E-state index contributed by atoms with van der Waals surface area (Å²) in [6.07, 6.45) is 71.1. The number of hydrogen-bond acceptors (Lipinski definition) is 7. The summed E-state index contributed by atoms with van der Waals surface area (Å²) in [7, 11) is 1.20. The first kappa shape index (κ1) is 76.2. The monoisotopic (exact) mass is 1120 g/mol. The van der Waals surface area contributed by atoms with Gasteiger partial charge in [0.05, 0.1) is 33.8 Å². The molecule has 0 aromatic heterocycles. The van der Waals surface area contributed by atoms with Gasteiger partial charge in [-0.1, -0.05) is 295 Å². The summed E-state index contributed by atoms with van der Waals surface area (Å²) in [6.45, 7) is 6.87. The fourth-order valence-corrected chi connectivity index (χ4v) is 10.8. The zero-order valence-corrected chi connectivity index (χ0v) is 53.5. The smallest absolute Gasteiger partial charge is 0.306 e. The summed E-state index contributed by atoms with van der Waals surface area (Å²) in [5, 5.41) is 3.04. The summed E-state index contributed by atoms with van der Waals surface area (Å²) >= 11 is 0. The lowest BCUT2D eigenvalue weighted by Gasteiger charge is -2.30. The number of nitrogens with zero attached hydrogens (tertiary/aromatic N) is 1. The number of esters is 1. The lowest BCUT2D eigenvalue weighted by molar-refractivity contribution is -0.870. The number of allylic oxidation sites excluding steroid dienone is 5. The SMILES string of the molecule is CCCCC/C=C\C/C=C\CCCCCCCCCCCCCCCCCC(=O)NC(COP(=O)([O-])OCC[N+](C)(C)C)C(/C=C\CCCCCCCCCCCCC)OC(=O)CCCCCCCCCCCCCCCC. The Morgan fingerprint density at radius 2 is 0.782 bits per heavy atom. The number of carbonyl (C=O) groups is 2. The Labute approximate surface area is 485 Å². The van der Waals surface area contributed by atoms with Crippen molar-refractivity contribution in [3.63, 3.8) is 0 Å². The third kappa shape index (κ3) is 58.9. The number of hydrogen-bond donors (Lipinski definition) is 1. The molecule has 0 aliphatic heterocycles. The highest BCUT2D eigenvalue weighted by molar-refractivity contribution is 7.45. The number of phosphoric acid groups is 1. The number of quaternary nitrogens is 1. The largest absolute Gasteiger partial charge is 0.756 e. The standard InChI is InChI=1S/C68H131N2O7P/c1-7-10-13-16-19-22-25-28-30-31-32-33-34-35-36-37-38-39-40-42-45-48-51-54-57-60-67(71)69-65(64-76-78(73,74)75-63-62-70(4,5)6)66(59-56-53-50-47-44-41-27-24-21-18-15-12-9-3)77-68(72)61-58-55-52-49-46-43-29-26-23-20-17-14-11-8-2/h19,22,28,30,56,59,65-66H,7-18,20-21,23-27,29,31-55,57-58,60-64H2,1-6H3,(H-,69,71,73,74)/b22-19-,30-28-,59-56-. The van der Waals surface area contributed by atoms with E-state index in [1.807, 2.05) is 33.3 Å². The van der Waals surface area contributed by atoms with E-state index in [0.29, 0.717) is 17.4 Å². The van der Waals surface area contributed by atoms with Crippen LogP contribution in [0.1, 0.15) is 335 Å². The van der Waals surface area contributed by atoms with E-state index in [9.17, 15) is 19.0 Å². The Hall–Kier alpha value is -1.77. The Balaban J connectivity index is 5.06. The van der Waals surface area contributed by atoms with Crippen LogP contribution in [0.25, 0.3) is 0 Å². The first-order chi connectivity index (χ1) is 37.9. The average Bonchev–Trinajstić information content (AvgIpc) is 3.40. The predicted molar refractivity (Wildman–Crippen MR) is 335 cm³/mol. The Kier molecular flexibility index (Phi) is 57.1. The molecule has 3 atom stereocenters.